The summed E-state index contributed by atoms with van der Waals surface area (Å²) in [6, 6.07) is 3.89. The number of aromatic nitrogens is 3. The second-order valence-corrected chi connectivity index (χ2v) is 5.36. The summed E-state index contributed by atoms with van der Waals surface area (Å²) >= 11 is 0. The molecule has 1 aliphatic heterocycles. The third-order valence-electron chi connectivity index (χ3n) is 3.76. The summed E-state index contributed by atoms with van der Waals surface area (Å²) in [4.78, 5) is 4.52. The molecule has 5 heteroatoms. The van der Waals surface area contributed by atoms with E-state index in [9.17, 15) is 0 Å². The predicted molar refractivity (Wildman–Crippen MR) is 71.7 cm³/mol. The van der Waals surface area contributed by atoms with Gasteiger partial charge in [-0.2, -0.15) is 5.10 Å². The van der Waals surface area contributed by atoms with Crippen molar-refractivity contribution in [1.82, 2.24) is 19.9 Å². The van der Waals surface area contributed by atoms with E-state index in [1.54, 1.807) is 10.7 Å². The van der Waals surface area contributed by atoms with E-state index in [0.717, 1.165) is 31.1 Å². The minimum Gasteiger partial charge on any atom is -0.369 e. The molecule has 2 N–H and O–H groups in total. The number of rotatable bonds is 3. The molecule has 1 saturated heterocycles. The molecule has 0 amide bonds. The number of nitrogens with one attached hydrogen (secondary N) is 2. The van der Waals surface area contributed by atoms with Crippen LogP contribution in [-0.4, -0.2) is 34.2 Å². The number of hydrogen-bond donors (Lipinski definition) is 2. The summed E-state index contributed by atoms with van der Waals surface area (Å²) < 4.78 is 1.78. The summed E-state index contributed by atoms with van der Waals surface area (Å²) in [6.07, 6.45) is 6.14. The summed E-state index contributed by atoms with van der Waals surface area (Å²) in [5.74, 6) is 0.933. The maximum atomic E-state index is 4.52. The number of piperidine rings is 1. The van der Waals surface area contributed by atoms with Gasteiger partial charge in [0.1, 0.15) is 5.82 Å². The van der Waals surface area contributed by atoms with Crippen molar-refractivity contribution in [1.29, 1.82) is 0 Å². The fourth-order valence-corrected chi connectivity index (χ4v) is 2.42. The number of fused-ring (bicyclic) bond motifs is 1. The highest BCUT2D eigenvalue weighted by molar-refractivity contribution is 5.45. The monoisotopic (exact) mass is 245 g/mol. The van der Waals surface area contributed by atoms with Crippen LogP contribution >= 0.6 is 0 Å². The molecule has 0 bridgehead atoms. The molecule has 1 aliphatic rings. The van der Waals surface area contributed by atoms with Crippen molar-refractivity contribution in [3.63, 3.8) is 0 Å². The predicted octanol–water partition coefficient (Wildman–Crippen LogP) is 1.53. The van der Waals surface area contributed by atoms with Gasteiger partial charge in [0.2, 0.25) is 0 Å². The van der Waals surface area contributed by atoms with Crippen LogP contribution < -0.4 is 10.6 Å². The lowest BCUT2D eigenvalue weighted by Crippen LogP contribution is -2.39. The molecule has 0 aliphatic carbocycles. The first kappa shape index (κ1) is 11.5. The normalized spacial score (nSPS) is 18.9. The Morgan fingerprint density at radius 2 is 2.22 bits per heavy atom. The van der Waals surface area contributed by atoms with Gasteiger partial charge in [0, 0.05) is 18.8 Å². The second kappa shape index (κ2) is 4.57. The third kappa shape index (κ3) is 2.31. The van der Waals surface area contributed by atoms with Crippen LogP contribution in [0.3, 0.4) is 0 Å². The smallest absolute Gasteiger partial charge is 0.157 e. The first-order chi connectivity index (χ1) is 8.75. The molecular formula is C13H19N5. The van der Waals surface area contributed by atoms with Crippen molar-refractivity contribution < 1.29 is 0 Å². The number of anilines is 1. The van der Waals surface area contributed by atoms with E-state index in [0.29, 0.717) is 5.41 Å². The van der Waals surface area contributed by atoms with E-state index >= 15 is 0 Å². The summed E-state index contributed by atoms with van der Waals surface area (Å²) in [5, 5.41) is 11.0. The Bertz CT molecular complexity index is 527. The molecule has 0 saturated carbocycles. The number of nitrogens with zero attached hydrogens (tertiary/aromatic N) is 3. The van der Waals surface area contributed by atoms with Gasteiger partial charge in [0.05, 0.1) is 6.20 Å². The number of hydrogen-bond acceptors (Lipinski definition) is 4. The fraction of sp³-hybridized carbons (Fsp3) is 0.538. The molecule has 96 valence electrons. The summed E-state index contributed by atoms with van der Waals surface area (Å²) in [7, 11) is 0. The van der Waals surface area contributed by atoms with Gasteiger partial charge < -0.3 is 10.6 Å². The van der Waals surface area contributed by atoms with Gasteiger partial charge in [-0.3, -0.25) is 0 Å². The first-order valence-corrected chi connectivity index (χ1v) is 6.50. The average Bonchev–Trinajstić information content (AvgIpc) is 2.85. The zero-order chi connectivity index (χ0) is 12.4. The van der Waals surface area contributed by atoms with Gasteiger partial charge in [-0.05, 0) is 37.4 Å². The minimum absolute atomic E-state index is 0.374. The van der Waals surface area contributed by atoms with Crippen LogP contribution in [0.4, 0.5) is 5.82 Å². The van der Waals surface area contributed by atoms with Crippen molar-refractivity contribution in [3.8, 4) is 0 Å². The molecular weight excluding hydrogens is 226 g/mol. The Morgan fingerprint density at radius 1 is 1.39 bits per heavy atom. The van der Waals surface area contributed by atoms with Crippen LogP contribution in [-0.2, 0) is 0 Å². The highest BCUT2D eigenvalue weighted by Crippen LogP contribution is 2.27. The molecule has 0 atom stereocenters. The lowest BCUT2D eigenvalue weighted by molar-refractivity contribution is 0.247. The molecule has 2 aromatic heterocycles. The van der Waals surface area contributed by atoms with Gasteiger partial charge in [-0.15, -0.1) is 0 Å². The Hall–Kier alpha value is -1.62. The van der Waals surface area contributed by atoms with Gasteiger partial charge in [0.15, 0.2) is 5.65 Å². The molecule has 0 unspecified atom stereocenters. The van der Waals surface area contributed by atoms with Crippen molar-refractivity contribution in [2.24, 2.45) is 5.41 Å². The van der Waals surface area contributed by atoms with E-state index in [-0.39, 0.29) is 0 Å². The molecule has 18 heavy (non-hydrogen) atoms. The van der Waals surface area contributed by atoms with Crippen LogP contribution in [0.25, 0.3) is 5.65 Å². The molecule has 0 radical (unpaired) electrons. The minimum atomic E-state index is 0.374. The average molecular weight is 245 g/mol. The van der Waals surface area contributed by atoms with E-state index in [1.807, 2.05) is 18.3 Å². The van der Waals surface area contributed by atoms with E-state index in [1.165, 1.54) is 12.8 Å². The third-order valence-corrected chi connectivity index (χ3v) is 3.76. The van der Waals surface area contributed by atoms with Gasteiger partial charge in [-0.1, -0.05) is 6.92 Å². The lowest BCUT2D eigenvalue weighted by Gasteiger charge is -2.34. The van der Waals surface area contributed by atoms with Crippen molar-refractivity contribution >= 4 is 11.5 Å². The van der Waals surface area contributed by atoms with Crippen molar-refractivity contribution in [3.05, 3.63) is 24.5 Å². The molecule has 5 nitrogen and oxygen atoms in total. The maximum Gasteiger partial charge on any atom is 0.157 e. The van der Waals surface area contributed by atoms with E-state index in [2.05, 4.69) is 27.6 Å². The largest absolute Gasteiger partial charge is 0.369 e. The van der Waals surface area contributed by atoms with Gasteiger partial charge in [0.25, 0.3) is 0 Å². The Kier molecular flexibility index (Phi) is 2.91. The van der Waals surface area contributed by atoms with Crippen LogP contribution in [0, 0.1) is 5.41 Å². The molecule has 0 spiro atoms. The Morgan fingerprint density at radius 3 is 3.06 bits per heavy atom. The molecule has 3 rings (SSSR count). The van der Waals surface area contributed by atoms with Crippen LogP contribution in [0.1, 0.15) is 19.8 Å². The van der Waals surface area contributed by atoms with E-state index in [4.69, 9.17) is 0 Å². The zero-order valence-corrected chi connectivity index (χ0v) is 10.7. The molecule has 2 aromatic rings. The highest BCUT2D eigenvalue weighted by atomic mass is 15.2. The molecule has 1 fully saturated rings. The SMILES string of the molecule is CC1(CNc2ccn3nccc3n2)CCNCC1. The lowest BCUT2D eigenvalue weighted by atomic mass is 9.81. The second-order valence-electron chi connectivity index (χ2n) is 5.36. The van der Waals surface area contributed by atoms with Crippen molar-refractivity contribution in [2.45, 2.75) is 19.8 Å². The van der Waals surface area contributed by atoms with Crippen LogP contribution in [0.15, 0.2) is 24.5 Å². The molecule has 0 aromatic carbocycles. The molecule has 3 heterocycles. The zero-order valence-electron chi connectivity index (χ0n) is 10.7. The summed E-state index contributed by atoms with van der Waals surface area (Å²) in [6.45, 7) is 5.56. The standard InChI is InChI=1S/C13H19N5/c1-13(4-7-14-8-5-13)10-15-11-3-9-18-12(17-11)2-6-16-18/h2-3,6,9,14H,4-5,7-8,10H2,1H3,(H,15,17). The first-order valence-electron chi connectivity index (χ1n) is 6.50. The fourth-order valence-electron chi connectivity index (χ4n) is 2.42. The van der Waals surface area contributed by atoms with Crippen LogP contribution in [0.2, 0.25) is 0 Å². The highest BCUT2D eigenvalue weighted by Gasteiger charge is 2.26. The summed E-state index contributed by atoms with van der Waals surface area (Å²) in [5.41, 5.74) is 1.26. The maximum absolute atomic E-state index is 4.52. The van der Waals surface area contributed by atoms with Gasteiger partial charge >= 0.3 is 0 Å². The van der Waals surface area contributed by atoms with Crippen molar-refractivity contribution in [2.75, 3.05) is 25.0 Å². The Labute approximate surface area is 107 Å². The quantitative estimate of drug-likeness (QED) is 0.861. The van der Waals surface area contributed by atoms with E-state index < -0.39 is 0 Å². The van der Waals surface area contributed by atoms with Gasteiger partial charge in [-0.25, -0.2) is 9.50 Å². The Balaban J connectivity index is 1.68. The topological polar surface area (TPSA) is 54.2 Å². The van der Waals surface area contributed by atoms with Crippen LogP contribution in [0.5, 0.6) is 0 Å².